The van der Waals surface area contributed by atoms with Crippen LogP contribution in [0.25, 0.3) is 0 Å². The molecule has 0 bridgehead atoms. The van der Waals surface area contributed by atoms with Gasteiger partial charge in [0.25, 0.3) is 5.72 Å². The first-order chi connectivity index (χ1) is 13.1. The van der Waals surface area contributed by atoms with Crippen molar-refractivity contribution < 1.29 is 36.1 Å². The van der Waals surface area contributed by atoms with E-state index >= 15 is 0 Å². The highest BCUT2D eigenvalue weighted by Gasteiger charge is 2.53. The van der Waals surface area contributed by atoms with Gasteiger partial charge in [0, 0.05) is 11.3 Å². The third-order valence-electron chi connectivity index (χ3n) is 5.20. The van der Waals surface area contributed by atoms with Crippen LogP contribution in [0.1, 0.15) is 17.5 Å². The van der Waals surface area contributed by atoms with E-state index in [1.54, 1.807) is 14.2 Å². The fourth-order valence-corrected chi connectivity index (χ4v) is 5.01. The zero-order valence-electron chi connectivity index (χ0n) is 16.3. The molecule has 2 aromatic carbocycles. The average Bonchev–Trinajstić information content (AvgIpc) is 3.02. The monoisotopic (exact) mass is 464 g/mol. The zero-order chi connectivity index (χ0) is 19.0. The van der Waals surface area contributed by atoms with E-state index in [0.717, 1.165) is 35.1 Å². The first-order valence-corrected chi connectivity index (χ1v) is 10.1. The van der Waals surface area contributed by atoms with Crippen molar-refractivity contribution in [3.8, 4) is 11.5 Å². The first kappa shape index (κ1) is 21.0. The van der Waals surface area contributed by atoms with Crippen LogP contribution in [0.3, 0.4) is 0 Å². The number of benzene rings is 2. The summed E-state index contributed by atoms with van der Waals surface area (Å²) in [7, 11) is 3.24. The quantitative estimate of drug-likeness (QED) is 0.654. The van der Waals surface area contributed by atoms with Crippen molar-refractivity contribution in [3.05, 3.63) is 53.6 Å². The third-order valence-corrected chi connectivity index (χ3v) is 6.40. The molecule has 1 atom stereocenters. The maximum absolute atomic E-state index is 11.8. The molecule has 5 nitrogen and oxygen atoms in total. The average molecular weight is 465 g/mol. The van der Waals surface area contributed by atoms with Crippen molar-refractivity contribution in [1.29, 1.82) is 0 Å². The number of halogens is 1. The summed E-state index contributed by atoms with van der Waals surface area (Å²) in [5, 5.41) is 12.9. The Balaban J connectivity index is 0.00000225. The molecular weight excluding hydrogens is 440 g/mol. The standard InChI is InChI=1S/C21H25N2O3S.BrH/c1-15-6-4-7-17(12-15)22-14-21(24,23-10-5-11-27-20(22)23)16-8-9-18(25-2)19(13-16)26-3;/h4,6-9,12-13,24H,5,10-11,14H2,1-3H3;1H/q+1;/p-1. The SMILES string of the molecule is COc1ccc(C2(O)CN(c3cccc(C)c3)C3=[N+]2CCCS3)cc1OC.[Br-]. The minimum atomic E-state index is -1.11. The number of thioether (sulfide) groups is 1. The van der Waals surface area contributed by atoms with Crippen molar-refractivity contribution in [2.24, 2.45) is 0 Å². The Bertz CT molecular complexity index is 905. The van der Waals surface area contributed by atoms with E-state index in [1.165, 1.54) is 5.56 Å². The predicted octanol–water partition coefficient (Wildman–Crippen LogP) is 0.187. The maximum Gasteiger partial charge on any atom is 0.316 e. The molecule has 2 heterocycles. The number of hydrogen-bond acceptors (Lipinski definition) is 5. The lowest BCUT2D eigenvalue weighted by Crippen LogP contribution is -3.00. The van der Waals surface area contributed by atoms with Crippen molar-refractivity contribution in [3.63, 3.8) is 0 Å². The number of β-amino-alcohol motifs (C(OH)–C–C–N with tert-alkyl or cyclic N) is 1. The minimum absolute atomic E-state index is 0. The third kappa shape index (κ3) is 3.51. The maximum atomic E-state index is 11.8. The smallest absolute Gasteiger partial charge is 0.316 e. The first-order valence-electron chi connectivity index (χ1n) is 9.13. The van der Waals surface area contributed by atoms with Gasteiger partial charge < -0.3 is 31.6 Å². The molecule has 2 aliphatic rings. The van der Waals surface area contributed by atoms with E-state index in [-0.39, 0.29) is 17.0 Å². The van der Waals surface area contributed by atoms with E-state index in [9.17, 15) is 5.11 Å². The molecule has 0 saturated carbocycles. The molecule has 2 aromatic rings. The number of anilines is 1. The summed E-state index contributed by atoms with van der Waals surface area (Å²) < 4.78 is 13.0. The highest BCUT2D eigenvalue weighted by atomic mass is 79.9. The Morgan fingerprint density at radius 2 is 1.89 bits per heavy atom. The highest BCUT2D eigenvalue weighted by molar-refractivity contribution is 8.13. The molecule has 2 aliphatic heterocycles. The number of methoxy groups -OCH3 is 2. The van der Waals surface area contributed by atoms with E-state index in [1.807, 2.05) is 30.0 Å². The highest BCUT2D eigenvalue weighted by Crippen LogP contribution is 2.40. The molecule has 0 fully saturated rings. The molecular formula is C21H25BrN2O3S. The molecule has 1 N–H and O–H groups in total. The van der Waals surface area contributed by atoms with E-state index in [2.05, 4.69) is 40.7 Å². The van der Waals surface area contributed by atoms with Gasteiger partial charge in [-0.25, -0.2) is 9.48 Å². The van der Waals surface area contributed by atoms with Gasteiger partial charge in [0.1, 0.15) is 5.69 Å². The Kier molecular flexibility index (Phi) is 6.27. The molecule has 0 aliphatic carbocycles. The molecule has 0 aromatic heterocycles. The summed E-state index contributed by atoms with van der Waals surface area (Å²) in [5.41, 5.74) is 2.03. The summed E-state index contributed by atoms with van der Waals surface area (Å²) >= 11 is 1.81. The summed E-state index contributed by atoms with van der Waals surface area (Å²) in [5.74, 6) is 2.36. The lowest BCUT2D eigenvalue weighted by atomic mass is 10.0. The van der Waals surface area contributed by atoms with Crippen LogP contribution in [0.5, 0.6) is 11.5 Å². The second-order valence-electron chi connectivity index (χ2n) is 6.95. The van der Waals surface area contributed by atoms with Crippen LogP contribution in [0.4, 0.5) is 5.69 Å². The van der Waals surface area contributed by atoms with E-state index in [0.29, 0.717) is 18.0 Å². The summed E-state index contributed by atoms with van der Waals surface area (Å²) in [6.45, 7) is 3.40. The molecule has 0 radical (unpaired) electrons. The van der Waals surface area contributed by atoms with Gasteiger partial charge in [0.05, 0.1) is 20.8 Å². The van der Waals surface area contributed by atoms with Gasteiger partial charge in [0.2, 0.25) is 0 Å². The van der Waals surface area contributed by atoms with Gasteiger partial charge in [-0.3, -0.25) is 0 Å². The number of nitrogens with zero attached hydrogens (tertiary/aromatic N) is 2. The van der Waals surface area contributed by atoms with Gasteiger partial charge >= 0.3 is 5.17 Å². The van der Waals surface area contributed by atoms with Crippen molar-refractivity contribution in [1.82, 2.24) is 0 Å². The van der Waals surface area contributed by atoms with Gasteiger partial charge in [-0.2, -0.15) is 0 Å². The van der Waals surface area contributed by atoms with Crippen LogP contribution < -0.4 is 31.4 Å². The minimum Gasteiger partial charge on any atom is -1.00 e. The molecule has 0 saturated heterocycles. The number of ether oxygens (including phenoxy) is 2. The number of amidine groups is 1. The zero-order valence-corrected chi connectivity index (χ0v) is 18.7. The Labute approximate surface area is 180 Å². The lowest BCUT2D eigenvalue weighted by molar-refractivity contribution is -0.656. The molecule has 0 amide bonds. The van der Waals surface area contributed by atoms with Crippen LogP contribution in [0, 0.1) is 6.92 Å². The number of hydrogen-bond donors (Lipinski definition) is 1. The lowest BCUT2D eigenvalue weighted by Gasteiger charge is -2.25. The number of aryl methyl sites for hydroxylation is 1. The molecule has 28 heavy (non-hydrogen) atoms. The molecule has 150 valence electrons. The second-order valence-corrected chi connectivity index (χ2v) is 8.01. The molecule has 1 unspecified atom stereocenters. The number of rotatable bonds is 4. The van der Waals surface area contributed by atoms with Gasteiger partial charge in [-0.1, -0.05) is 12.1 Å². The normalized spacial score (nSPS) is 21.2. The topological polar surface area (TPSA) is 44.9 Å². The molecule has 0 spiro atoms. The van der Waals surface area contributed by atoms with Crippen molar-refractivity contribution in [2.75, 3.05) is 38.0 Å². The Morgan fingerprint density at radius 1 is 1.11 bits per heavy atom. The van der Waals surface area contributed by atoms with E-state index < -0.39 is 5.72 Å². The van der Waals surface area contributed by atoms with Crippen molar-refractivity contribution >= 4 is 22.6 Å². The molecule has 4 rings (SSSR count). The molecule has 7 heteroatoms. The van der Waals surface area contributed by atoms with Crippen LogP contribution in [-0.2, 0) is 5.72 Å². The predicted molar refractivity (Wildman–Crippen MR) is 109 cm³/mol. The second kappa shape index (κ2) is 8.35. The fraction of sp³-hybridized carbons (Fsp3) is 0.381. The van der Waals surface area contributed by atoms with Crippen LogP contribution in [0.2, 0.25) is 0 Å². The van der Waals surface area contributed by atoms with Gasteiger partial charge in [0.15, 0.2) is 18.0 Å². The van der Waals surface area contributed by atoms with Crippen molar-refractivity contribution in [2.45, 2.75) is 19.1 Å². The van der Waals surface area contributed by atoms with Crippen LogP contribution in [0.15, 0.2) is 42.5 Å². The Morgan fingerprint density at radius 3 is 2.61 bits per heavy atom. The van der Waals surface area contributed by atoms with Crippen LogP contribution >= 0.6 is 11.8 Å². The fourth-order valence-electron chi connectivity index (χ4n) is 3.83. The van der Waals surface area contributed by atoms with Crippen LogP contribution in [-0.4, -0.2) is 47.9 Å². The largest absolute Gasteiger partial charge is 1.00 e. The summed E-state index contributed by atoms with van der Waals surface area (Å²) in [6.07, 6.45) is 1.05. The van der Waals surface area contributed by atoms with E-state index in [4.69, 9.17) is 9.47 Å². The number of aliphatic hydroxyl groups is 1. The summed E-state index contributed by atoms with van der Waals surface area (Å²) in [6, 6.07) is 14.1. The summed E-state index contributed by atoms with van der Waals surface area (Å²) in [4.78, 5) is 2.23. The van der Waals surface area contributed by atoms with Gasteiger partial charge in [-0.15, -0.1) is 0 Å². The Hall–Kier alpha value is -1.70. The van der Waals surface area contributed by atoms with Gasteiger partial charge in [-0.05, 0) is 61.0 Å².